The average Bonchev–Trinajstić information content (AvgIpc) is 2.42. The molecule has 1 aromatic carbocycles. The lowest BCUT2D eigenvalue weighted by Gasteiger charge is -2.14. The molecule has 0 spiro atoms. The van der Waals surface area contributed by atoms with E-state index in [1.807, 2.05) is 6.26 Å². The van der Waals surface area contributed by atoms with Crippen LogP contribution in [0, 0.1) is 0 Å². The second-order valence-corrected chi connectivity index (χ2v) is 7.45. The number of hydrogen-bond acceptors (Lipinski definition) is 5. The predicted octanol–water partition coefficient (Wildman–Crippen LogP) is 1.03. The number of thioether (sulfide) groups is 1. The maximum absolute atomic E-state index is 12.0. The van der Waals surface area contributed by atoms with E-state index >= 15 is 0 Å². The van der Waals surface area contributed by atoms with Gasteiger partial charge in [-0.05, 0) is 36.6 Å². The first kappa shape index (κ1) is 17.5. The van der Waals surface area contributed by atoms with E-state index in [1.54, 1.807) is 0 Å². The molecule has 0 aliphatic heterocycles. The molecule has 116 valence electrons. The number of carboxylic acids is 1. The minimum absolute atomic E-state index is 0.0196. The van der Waals surface area contributed by atoms with E-state index in [0.717, 1.165) is 6.26 Å². The van der Waals surface area contributed by atoms with Crippen LogP contribution in [0.1, 0.15) is 16.8 Å². The van der Waals surface area contributed by atoms with Crippen LogP contribution in [0.4, 0.5) is 0 Å². The molecule has 2 N–H and O–H groups in total. The molecule has 0 saturated heterocycles. The van der Waals surface area contributed by atoms with Crippen molar-refractivity contribution >= 4 is 33.5 Å². The molecule has 21 heavy (non-hydrogen) atoms. The summed E-state index contributed by atoms with van der Waals surface area (Å²) in [6, 6.07) is 4.51. The lowest BCUT2D eigenvalue weighted by molar-refractivity contribution is -0.139. The van der Waals surface area contributed by atoms with Crippen LogP contribution in [0.2, 0.25) is 0 Å². The van der Waals surface area contributed by atoms with Gasteiger partial charge in [0.15, 0.2) is 9.84 Å². The summed E-state index contributed by atoms with van der Waals surface area (Å²) in [4.78, 5) is 23.1. The molecule has 0 saturated carbocycles. The summed E-state index contributed by atoms with van der Waals surface area (Å²) in [7, 11) is -3.42. The Hall–Kier alpha value is -1.54. The molecule has 1 atom stereocenters. The molecule has 0 fully saturated rings. The van der Waals surface area contributed by atoms with Crippen LogP contribution in [0.15, 0.2) is 29.2 Å². The lowest BCUT2D eigenvalue weighted by atomic mass is 10.1. The molecular weight excluding hydrogens is 314 g/mol. The van der Waals surface area contributed by atoms with Crippen molar-refractivity contribution in [3.05, 3.63) is 29.8 Å². The fourth-order valence-electron chi connectivity index (χ4n) is 1.60. The van der Waals surface area contributed by atoms with E-state index in [-0.39, 0.29) is 10.5 Å². The average molecular weight is 331 g/mol. The van der Waals surface area contributed by atoms with Gasteiger partial charge in [0.1, 0.15) is 6.04 Å². The zero-order valence-electron chi connectivity index (χ0n) is 11.7. The Morgan fingerprint density at radius 1 is 1.38 bits per heavy atom. The van der Waals surface area contributed by atoms with Crippen molar-refractivity contribution in [2.24, 2.45) is 0 Å². The SMILES string of the molecule is CSCCC(NC(=O)c1cccc(S(C)(=O)=O)c1)C(=O)O. The summed E-state index contributed by atoms with van der Waals surface area (Å²) >= 11 is 1.48. The third-order valence-corrected chi connectivity index (χ3v) is 4.49. The molecule has 0 aliphatic rings. The van der Waals surface area contributed by atoms with E-state index in [2.05, 4.69) is 5.32 Å². The first-order chi connectivity index (χ1) is 9.75. The maximum atomic E-state index is 12.0. The van der Waals surface area contributed by atoms with Gasteiger partial charge in [-0.1, -0.05) is 6.07 Å². The van der Waals surface area contributed by atoms with E-state index in [9.17, 15) is 18.0 Å². The molecule has 1 amide bonds. The summed E-state index contributed by atoms with van der Waals surface area (Å²) in [5.41, 5.74) is 0.119. The quantitative estimate of drug-likeness (QED) is 0.774. The standard InChI is InChI=1S/C13H17NO5S2/c1-20-7-6-11(13(16)17)14-12(15)9-4-3-5-10(8-9)21(2,18)19/h3-5,8,11H,6-7H2,1-2H3,(H,14,15)(H,16,17). The second-order valence-electron chi connectivity index (χ2n) is 4.45. The molecule has 0 aliphatic carbocycles. The zero-order valence-corrected chi connectivity index (χ0v) is 13.3. The normalized spacial score (nSPS) is 12.7. The van der Waals surface area contributed by atoms with Crippen LogP contribution in [-0.2, 0) is 14.6 Å². The maximum Gasteiger partial charge on any atom is 0.326 e. The van der Waals surface area contributed by atoms with Crippen LogP contribution >= 0.6 is 11.8 Å². The van der Waals surface area contributed by atoms with Gasteiger partial charge in [-0.3, -0.25) is 4.79 Å². The van der Waals surface area contributed by atoms with Crippen molar-refractivity contribution in [2.45, 2.75) is 17.4 Å². The third kappa shape index (κ3) is 5.39. The zero-order chi connectivity index (χ0) is 16.0. The lowest BCUT2D eigenvalue weighted by Crippen LogP contribution is -2.41. The minimum Gasteiger partial charge on any atom is -0.480 e. The topological polar surface area (TPSA) is 101 Å². The number of carbonyl (C=O) groups excluding carboxylic acids is 1. The first-order valence-electron chi connectivity index (χ1n) is 6.08. The Morgan fingerprint density at radius 3 is 2.57 bits per heavy atom. The fraction of sp³-hybridized carbons (Fsp3) is 0.385. The Balaban J connectivity index is 2.90. The molecule has 1 aromatic rings. The summed E-state index contributed by atoms with van der Waals surface area (Å²) in [5.74, 6) is -1.12. The number of sulfone groups is 1. The van der Waals surface area contributed by atoms with Crippen molar-refractivity contribution < 1.29 is 23.1 Å². The first-order valence-corrected chi connectivity index (χ1v) is 9.37. The number of amides is 1. The van der Waals surface area contributed by atoms with Crippen molar-refractivity contribution in [3.8, 4) is 0 Å². The molecule has 8 heteroatoms. The van der Waals surface area contributed by atoms with E-state index in [1.165, 1.54) is 36.0 Å². The Labute approximate surface area is 127 Å². The highest BCUT2D eigenvalue weighted by molar-refractivity contribution is 7.98. The number of benzene rings is 1. The van der Waals surface area contributed by atoms with Crippen LogP contribution in [0.3, 0.4) is 0 Å². The van der Waals surface area contributed by atoms with Gasteiger partial charge in [-0.25, -0.2) is 13.2 Å². The van der Waals surface area contributed by atoms with E-state index in [4.69, 9.17) is 5.11 Å². The van der Waals surface area contributed by atoms with E-state index in [0.29, 0.717) is 12.2 Å². The van der Waals surface area contributed by atoms with Gasteiger partial charge in [-0.2, -0.15) is 11.8 Å². The van der Waals surface area contributed by atoms with Gasteiger partial charge in [0.05, 0.1) is 4.90 Å². The molecule has 0 aromatic heterocycles. The number of aliphatic carboxylic acids is 1. The predicted molar refractivity (Wildman–Crippen MR) is 81.4 cm³/mol. The monoisotopic (exact) mass is 331 g/mol. The van der Waals surface area contributed by atoms with Gasteiger partial charge in [0.2, 0.25) is 0 Å². The Bertz CT molecular complexity index is 627. The van der Waals surface area contributed by atoms with Crippen LogP contribution < -0.4 is 5.32 Å². The molecular formula is C13H17NO5S2. The van der Waals surface area contributed by atoms with E-state index < -0.39 is 27.8 Å². The molecule has 0 bridgehead atoms. The van der Waals surface area contributed by atoms with Crippen molar-refractivity contribution in [2.75, 3.05) is 18.3 Å². The molecule has 6 nitrogen and oxygen atoms in total. The third-order valence-electron chi connectivity index (χ3n) is 2.74. The van der Waals surface area contributed by atoms with Gasteiger partial charge in [-0.15, -0.1) is 0 Å². The van der Waals surface area contributed by atoms with Crippen molar-refractivity contribution in [1.29, 1.82) is 0 Å². The Morgan fingerprint density at radius 2 is 2.05 bits per heavy atom. The second kappa shape index (κ2) is 7.46. The van der Waals surface area contributed by atoms with Crippen LogP contribution in [-0.4, -0.2) is 49.7 Å². The summed E-state index contributed by atoms with van der Waals surface area (Å²) in [6.45, 7) is 0. The summed E-state index contributed by atoms with van der Waals surface area (Å²) < 4.78 is 22.9. The molecule has 1 rings (SSSR count). The number of nitrogens with one attached hydrogen (secondary N) is 1. The Kier molecular flexibility index (Phi) is 6.22. The number of hydrogen-bond donors (Lipinski definition) is 2. The van der Waals surface area contributed by atoms with Crippen molar-refractivity contribution in [1.82, 2.24) is 5.32 Å². The van der Waals surface area contributed by atoms with Gasteiger partial charge in [0, 0.05) is 11.8 Å². The summed E-state index contributed by atoms with van der Waals surface area (Å²) in [6.07, 6.45) is 3.19. The number of carboxylic acid groups (broad SMARTS) is 1. The largest absolute Gasteiger partial charge is 0.480 e. The highest BCUT2D eigenvalue weighted by atomic mass is 32.2. The van der Waals surface area contributed by atoms with Crippen LogP contribution in [0.25, 0.3) is 0 Å². The smallest absolute Gasteiger partial charge is 0.326 e. The van der Waals surface area contributed by atoms with Crippen LogP contribution in [0.5, 0.6) is 0 Å². The number of carbonyl (C=O) groups is 2. The minimum atomic E-state index is -3.42. The van der Waals surface area contributed by atoms with Crippen molar-refractivity contribution in [3.63, 3.8) is 0 Å². The van der Waals surface area contributed by atoms with Gasteiger partial charge < -0.3 is 10.4 Å². The molecule has 0 radical (unpaired) electrons. The molecule has 0 heterocycles. The highest BCUT2D eigenvalue weighted by Gasteiger charge is 2.20. The summed E-state index contributed by atoms with van der Waals surface area (Å²) in [5, 5.41) is 11.5. The number of rotatable bonds is 7. The van der Waals surface area contributed by atoms with Gasteiger partial charge in [0.25, 0.3) is 5.91 Å². The highest BCUT2D eigenvalue weighted by Crippen LogP contribution is 2.12. The fourth-order valence-corrected chi connectivity index (χ4v) is 2.74. The molecule has 1 unspecified atom stereocenters. The van der Waals surface area contributed by atoms with Gasteiger partial charge >= 0.3 is 5.97 Å².